The maximum Gasteiger partial charge on any atom is 0.242 e. The third-order valence-corrected chi connectivity index (χ3v) is 10.0. The van der Waals surface area contributed by atoms with Crippen molar-refractivity contribution < 1.29 is 9.59 Å². The number of hydrogen-bond donors (Lipinski definition) is 2. The molecule has 0 bridgehead atoms. The van der Waals surface area contributed by atoms with E-state index < -0.39 is 0 Å². The highest BCUT2D eigenvalue weighted by molar-refractivity contribution is 14.1. The van der Waals surface area contributed by atoms with E-state index in [1.54, 1.807) is 0 Å². The first-order valence-electron chi connectivity index (χ1n) is 15.4. The zero-order valence-electron chi connectivity index (χ0n) is 24.3. The zero-order valence-corrected chi connectivity index (χ0v) is 26.5. The van der Waals surface area contributed by atoms with Crippen LogP contribution in [0.5, 0.6) is 0 Å². The van der Waals surface area contributed by atoms with Gasteiger partial charge in [0.15, 0.2) is 0 Å². The SMILES string of the molecule is CN1CCN(CCC2CCN(CC(=O)NCCN3CCN(CC4CCN(CC(=O)NI)CC4)CC3)CC2)CC1. The van der Waals surface area contributed by atoms with Crippen LogP contribution in [0, 0.1) is 11.8 Å². The molecule has 0 aromatic carbocycles. The third kappa shape index (κ3) is 11.3. The molecule has 4 aliphatic rings. The molecule has 4 aliphatic heterocycles. The number of amides is 2. The van der Waals surface area contributed by atoms with Crippen molar-refractivity contribution in [2.24, 2.45) is 11.8 Å². The van der Waals surface area contributed by atoms with Crippen LogP contribution in [0.3, 0.4) is 0 Å². The molecule has 10 nitrogen and oxygen atoms in total. The van der Waals surface area contributed by atoms with E-state index >= 15 is 0 Å². The van der Waals surface area contributed by atoms with Gasteiger partial charge in [0.2, 0.25) is 11.8 Å². The van der Waals surface area contributed by atoms with E-state index in [1.807, 2.05) is 22.9 Å². The molecule has 0 saturated carbocycles. The molecule has 4 fully saturated rings. The summed E-state index contributed by atoms with van der Waals surface area (Å²) < 4.78 is 2.70. The highest BCUT2D eigenvalue weighted by atomic mass is 127. The summed E-state index contributed by atoms with van der Waals surface area (Å²) in [6.07, 6.45) is 6.17. The van der Waals surface area contributed by atoms with Crippen LogP contribution in [0.2, 0.25) is 0 Å². The van der Waals surface area contributed by atoms with Crippen LogP contribution < -0.4 is 8.85 Å². The average Bonchev–Trinajstić information content (AvgIpc) is 2.95. The van der Waals surface area contributed by atoms with E-state index in [9.17, 15) is 9.59 Å². The summed E-state index contributed by atoms with van der Waals surface area (Å²) in [6, 6.07) is 0. The molecular formula is C28H53IN8O2. The topological polar surface area (TPSA) is 77.6 Å². The van der Waals surface area contributed by atoms with Crippen LogP contribution in [0.25, 0.3) is 0 Å². The second-order valence-electron chi connectivity index (χ2n) is 12.4. The molecule has 224 valence electrons. The van der Waals surface area contributed by atoms with E-state index in [2.05, 4.69) is 45.3 Å². The summed E-state index contributed by atoms with van der Waals surface area (Å²) in [6.45, 7) is 18.7. The Balaban J connectivity index is 0.990. The average molecular weight is 661 g/mol. The second-order valence-corrected chi connectivity index (χ2v) is 12.9. The van der Waals surface area contributed by atoms with Crippen LogP contribution in [0.4, 0.5) is 0 Å². The van der Waals surface area contributed by atoms with Crippen molar-refractivity contribution in [1.82, 2.24) is 38.2 Å². The van der Waals surface area contributed by atoms with Gasteiger partial charge in [-0.3, -0.25) is 27.8 Å². The van der Waals surface area contributed by atoms with E-state index in [-0.39, 0.29) is 11.8 Å². The highest BCUT2D eigenvalue weighted by Gasteiger charge is 2.25. The minimum atomic E-state index is 0.105. The van der Waals surface area contributed by atoms with Crippen molar-refractivity contribution in [1.29, 1.82) is 0 Å². The van der Waals surface area contributed by atoms with E-state index in [1.165, 1.54) is 71.4 Å². The Labute approximate surface area is 250 Å². The number of carbonyl (C=O) groups is 2. The van der Waals surface area contributed by atoms with Gasteiger partial charge < -0.3 is 20.0 Å². The molecule has 0 unspecified atom stereocenters. The molecule has 0 aromatic heterocycles. The van der Waals surface area contributed by atoms with Gasteiger partial charge in [0.25, 0.3) is 0 Å². The molecule has 4 heterocycles. The summed E-state index contributed by atoms with van der Waals surface area (Å²) in [5.41, 5.74) is 0. The van der Waals surface area contributed by atoms with Gasteiger partial charge in [0.1, 0.15) is 0 Å². The summed E-state index contributed by atoms with van der Waals surface area (Å²) in [5.74, 6) is 1.86. The Bertz CT molecular complexity index is 729. The molecule has 0 aromatic rings. The zero-order chi connectivity index (χ0) is 27.5. The molecule has 0 aliphatic carbocycles. The van der Waals surface area contributed by atoms with Gasteiger partial charge in [-0.05, 0) is 83.7 Å². The van der Waals surface area contributed by atoms with Gasteiger partial charge in [0, 0.05) is 72.0 Å². The monoisotopic (exact) mass is 660 g/mol. The van der Waals surface area contributed by atoms with Crippen molar-refractivity contribution in [3.05, 3.63) is 0 Å². The Morgan fingerprint density at radius 2 is 1.15 bits per heavy atom. The molecule has 11 heteroatoms. The van der Waals surface area contributed by atoms with Crippen molar-refractivity contribution in [2.75, 3.05) is 125 Å². The number of carbonyl (C=O) groups excluding carboxylic acids is 2. The van der Waals surface area contributed by atoms with Crippen molar-refractivity contribution in [3.8, 4) is 0 Å². The minimum Gasteiger partial charge on any atom is -0.354 e. The van der Waals surface area contributed by atoms with Crippen molar-refractivity contribution in [2.45, 2.75) is 32.1 Å². The van der Waals surface area contributed by atoms with Gasteiger partial charge in [-0.15, -0.1) is 0 Å². The van der Waals surface area contributed by atoms with Gasteiger partial charge >= 0.3 is 0 Å². The lowest BCUT2D eigenvalue weighted by atomic mass is 9.93. The quantitative estimate of drug-likeness (QED) is 0.228. The minimum absolute atomic E-state index is 0.105. The standard InChI is InChI=1S/C28H53IN8O2/c1-32-14-16-33(17-15-32)8-2-25-3-9-35(10-4-25)23-27(38)30-7-13-34-18-20-37(21-19-34)22-26-5-11-36(12-6-26)24-28(39)31-29/h25-26H,2-24H2,1H3,(H,30,38)(H,31,39). The number of halogens is 1. The maximum absolute atomic E-state index is 12.5. The van der Waals surface area contributed by atoms with Crippen LogP contribution in [-0.2, 0) is 9.59 Å². The van der Waals surface area contributed by atoms with Crippen LogP contribution in [-0.4, -0.2) is 166 Å². The number of hydrogen-bond acceptors (Lipinski definition) is 8. The van der Waals surface area contributed by atoms with E-state index in [0.29, 0.717) is 13.1 Å². The number of piperidine rings is 2. The lowest BCUT2D eigenvalue weighted by Crippen LogP contribution is -2.50. The smallest absolute Gasteiger partial charge is 0.242 e. The van der Waals surface area contributed by atoms with Crippen molar-refractivity contribution >= 4 is 34.7 Å². The summed E-state index contributed by atoms with van der Waals surface area (Å²) in [5, 5.41) is 3.18. The fraction of sp³-hybridized carbons (Fsp3) is 0.929. The number of piperazine rings is 2. The summed E-state index contributed by atoms with van der Waals surface area (Å²) in [4.78, 5) is 38.9. The summed E-state index contributed by atoms with van der Waals surface area (Å²) in [7, 11) is 2.22. The fourth-order valence-electron chi connectivity index (χ4n) is 6.60. The van der Waals surface area contributed by atoms with Gasteiger partial charge in [0.05, 0.1) is 36.0 Å². The molecule has 4 saturated heterocycles. The van der Waals surface area contributed by atoms with Crippen LogP contribution in [0.15, 0.2) is 0 Å². The lowest BCUT2D eigenvalue weighted by Gasteiger charge is -2.38. The predicted octanol–water partition coefficient (Wildman–Crippen LogP) is 0.248. The van der Waals surface area contributed by atoms with Gasteiger partial charge in [-0.2, -0.15) is 0 Å². The Kier molecular flexibility index (Phi) is 13.5. The van der Waals surface area contributed by atoms with E-state index in [0.717, 1.165) is 77.3 Å². The molecule has 39 heavy (non-hydrogen) atoms. The lowest BCUT2D eigenvalue weighted by molar-refractivity contribution is -0.122. The maximum atomic E-state index is 12.5. The Morgan fingerprint density at radius 1 is 0.641 bits per heavy atom. The second kappa shape index (κ2) is 16.8. The molecule has 0 radical (unpaired) electrons. The molecule has 2 N–H and O–H groups in total. The predicted molar refractivity (Wildman–Crippen MR) is 165 cm³/mol. The number of nitrogens with zero attached hydrogens (tertiary/aromatic N) is 6. The van der Waals surface area contributed by atoms with Crippen LogP contribution >= 0.6 is 22.9 Å². The first-order chi connectivity index (χ1) is 19.0. The largest absolute Gasteiger partial charge is 0.354 e. The highest BCUT2D eigenvalue weighted by Crippen LogP contribution is 2.21. The molecular weight excluding hydrogens is 607 g/mol. The fourth-order valence-corrected chi connectivity index (χ4v) is 6.77. The number of likely N-dealkylation sites (tertiary alicyclic amines) is 2. The summed E-state index contributed by atoms with van der Waals surface area (Å²) >= 11 is 1.92. The van der Waals surface area contributed by atoms with Crippen LogP contribution in [0.1, 0.15) is 32.1 Å². The van der Waals surface area contributed by atoms with E-state index in [4.69, 9.17) is 0 Å². The first-order valence-corrected chi connectivity index (χ1v) is 16.5. The van der Waals surface area contributed by atoms with Gasteiger partial charge in [-0.1, -0.05) is 0 Å². The molecule has 4 rings (SSSR count). The number of nitrogens with one attached hydrogen (secondary N) is 2. The Morgan fingerprint density at radius 3 is 1.77 bits per heavy atom. The normalized spacial score (nSPS) is 24.7. The molecule has 0 atom stereocenters. The molecule has 0 spiro atoms. The Hall–Kier alpha value is -0.570. The third-order valence-electron chi connectivity index (χ3n) is 9.44. The molecule has 2 amide bonds. The van der Waals surface area contributed by atoms with Crippen molar-refractivity contribution in [3.63, 3.8) is 0 Å². The number of likely N-dealkylation sites (N-methyl/N-ethyl adjacent to an activating group) is 1. The van der Waals surface area contributed by atoms with Gasteiger partial charge in [-0.25, -0.2) is 0 Å². The number of rotatable bonds is 12. The first kappa shape index (κ1) is 31.4.